The highest BCUT2D eigenvalue weighted by Crippen LogP contribution is 2.25. The van der Waals surface area contributed by atoms with Crippen LogP contribution in [0, 0.1) is 0 Å². The largest absolute Gasteiger partial charge is 0.506 e. The van der Waals surface area contributed by atoms with Gasteiger partial charge in [-0.1, -0.05) is 12.1 Å². The van der Waals surface area contributed by atoms with E-state index in [4.69, 9.17) is 5.11 Å². The Labute approximate surface area is 81.4 Å². The smallest absolute Gasteiger partial charge is 0.143 e. The topological polar surface area (TPSA) is 58.3 Å². The van der Waals surface area contributed by atoms with Crippen LogP contribution in [0.25, 0.3) is 10.9 Å². The quantitative estimate of drug-likeness (QED) is 0.740. The fourth-order valence-electron chi connectivity index (χ4n) is 1.66. The number of fused-ring (bicyclic) bond motifs is 1. The molecule has 74 valence electrons. The number of phenols is 1. The molecule has 0 aliphatic heterocycles. The Kier molecular flexibility index (Phi) is 2.13. The molecule has 0 unspecified atom stereocenters. The Bertz CT molecular complexity index is 462. The third-order valence-corrected chi connectivity index (χ3v) is 2.31. The van der Waals surface area contributed by atoms with Crippen LogP contribution in [0.15, 0.2) is 18.2 Å². The summed E-state index contributed by atoms with van der Waals surface area (Å²) >= 11 is 0. The summed E-state index contributed by atoms with van der Waals surface area (Å²) < 4.78 is 1.70. The molecule has 4 nitrogen and oxygen atoms in total. The first-order valence-electron chi connectivity index (χ1n) is 4.48. The van der Waals surface area contributed by atoms with Gasteiger partial charge < -0.3 is 10.2 Å². The molecule has 2 aromatic rings. The van der Waals surface area contributed by atoms with Crippen molar-refractivity contribution in [2.24, 2.45) is 7.05 Å². The molecule has 2 rings (SSSR count). The Morgan fingerprint density at radius 3 is 2.93 bits per heavy atom. The molecule has 4 heteroatoms. The van der Waals surface area contributed by atoms with Crippen LogP contribution in [0.3, 0.4) is 0 Å². The maximum absolute atomic E-state index is 9.54. The van der Waals surface area contributed by atoms with Crippen LogP contribution in [0.1, 0.15) is 5.69 Å². The minimum atomic E-state index is 0.0876. The van der Waals surface area contributed by atoms with Gasteiger partial charge in [-0.05, 0) is 6.07 Å². The summed E-state index contributed by atoms with van der Waals surface area (Å²) in [4.78, 5) is 0. The maximum Gasteiger partial charge on any atom is 0.143 e. The van der Waals surface area contributed by atoms with E-state index in [1.165, 1.54) is 0 Å². The van der Waals surface area contributed by atoms with Crippen molar-refractivity contribution >= 4 is 10.9 Å². The van der Waals surface area contributed by atoms with Gasteiger partial charge in [0.15, 0.2) is 0 Å². The van der Waals surface area contributed by atoms with Gasteiger partial charge in [0.05, 0.1) is 0 Å². The first-order valence-corrected chi connectivity index (χ1v) is 4.48. The summed E-state index contributed by atoms with van der Waals surface area (Å²) in [6, 6.07) is 5.28. The molecule has 1 aromatic carbocycles. The molecule has 0 bridgehead atoms. The first-order chi connectivity index (χ1) is 6.74. The van der Waals surface area contributed by atoms with Gasteiger partial charge >= 0.3 is 0 Å². The van der Waals surface area contributed by atoms with Crippen LogP contribution in [-0.2, 0) is 13.5 Å². The number of hydrogen-bond acceptors (Lipinski definition) is 3. The zero-order chi connectivity index (χ0) is 10.1. The van der Waals surface area contributed by atoms with E-state index < -0.39 is 0 Å². The highest BCUT2D eigenvalue weighted by atomic mass is 16.3. The van der Waals surface area contributed by atoms with Gasteiger partial charge in [0.2, 0.25) is 0 Å². The fraction of sp³-hybridized carbons (Fsp3) is 0.300. The lowest BCUT2D eigenvalue weighted by Crippen LogP contribution is -2.00. The van der Waals surface area contributed by atoms with Gasteiger partial charge in [0, 0.05) is 31.2 Å². The highest BCUT2D eigenvalue weighted by molar-refractivity contribution is 5.86. The molecule has 1 heterocycles. The van der Waals surface area contributed by atoms with Crippen molar-refractivity contribution in [3.63, 3.8) is 0 Å². The number of benzene rings is 1. The van der Waals surface area contributed by atoms with Gasteiger partial charge in [-0.15, -0.1) is 0 Å². The summed E-state index contributed by atoms with van der Waals surface area (Å²) in [6.45, 7) is 0.0876. The van der Waals surface area contributed by atoms with Crippen molar-refractivity contribution < 1.29 is 10.2 Å². The monoisotopic (exact) mass is 192 g/mol. The number of rotatable bonds is 2. The van der Waals surface area contributed by atoms with E-state index >= 15 is 0 Å². The van der Waals surface area contributed by atoms with Crippen molar-refractivity contribution in [3.05, 3.63) is 23.9 Å². The molecule has 14 heavy (non-hydrogen) atoms. The van der Waals surface area contributed by atoms with Crippen LogP contribution in [0.5, 0.6) is 5.75 Å². The Hall–Kier alpha value is -1.55. The lowest BCUT2D eigenvalue weighted by atomic mass is 10.1. The van der Waals surface area contributed by atoms with E-state index in [2.05, 4.69) is 5.10 Å². The van der Waals surface area contributed by atoms with Gasteiger partial charge in [-0.2, -0.15) is 5.10 Å². The van der Waals surface area contributed by atoms with Crippen molar-refractivity contribution in [3.8, 4) is 5.75 Å². The van der Waals surface area contributed by atoms with Gasteiger partial charge in [-0.3, -0.25) is 4.68 Å². The number of aromatic nitrogens is 2. The summed E-state index contributed by atoms with van der Waals surface area (Å²) in [7, 11) is 1.81. The number of aliphatic hydroxyl groups is 1. The predicted molar refractivity (Wildman–Crippen MR) is 53.2 cm³/mol. The van der Waals surface area contributed by atoms with Crippen LogP contribution in [0.2, 0.25) is 0 Å². The van der Waals surface area contributed by atoms with Crippen molar-refractivity contribution in [1.82, 2.24) is 9.78 Å². The van der Waals surface area contributed by atoms with E-state index in [0.717, 1.165) is 11.1 Å². The van der Waals surface area contributed by atoms with Gasteiger partial charge in [0.25, 0.3) is 0 Å². The second-order valence-corrected chi connectivity index (χ2v) is 3.22. The lowest BCUT2D eigenvalue weighted by Gasteiger charge is -1.98. The SMILES string of the molecule is Cn1nc2c(O)cccc2c1CCO. The maximum atomic E-state index is 9.54. The predicted octanol–water partition coefficient (Wildman–Crippen LogP) is 0.814. The number of hydrogen-bond donors (Lipinski definition) is 2. The Morgan fingerprint density at radius 1 is 1.43 bits per heavy atom. The molecule has 0 atom stereocenters. The normalized spacial score (nSPS) is 11.0. The van der Waals surface area contributed by atoms with Crippen molar-refractivity contribution in [2.75, 3.05) is 6.61 Å². The summed E-state index contributed by atoms with van der Waals surface area (Å²) in [5, 5.41) is 23.5. The van der Waals surface area contributed by atoms with Gasteiger partial charge in [-0.25, -0.2) is 0 Å². The Morgan fingerprint density at radius 2 is 2.21 bits per heavy atom. The Balaban J connectivity index is 2.70. The van der Waals surface area contributed by atoms with E-state index in [1.807, 2.05) is 13.1 Å². The summed E-state index contributed by atoms with van der Waals surface area (Å²) in [5.74, 6) is 0.183. The average molecular weight is 192 g/mol. The average Bonchev–Trinajstić information content (AvgIpc) is 2.47. The molecular weight excluding hydrogens is 180 g/mol. The van der Waals surface area contributed by atoms with Crippen LogP contribution < -0.4 is 0 Å². The fourth-order valence-corrected chi connectivity index (χ4v) is 1.66. The first kappa shape index (κ1) is 9.02. The second kappa shape index (κ2) is 3.31. The molecule has 0 spiro atoms. The molecule has 0 fully saturated rings. The number of aromatic hydroxyl groups is 1. The minimum absolute atomic E-state index is 0.0876. The molecule has 0 radical (unpaired) electrons. The molecule has 0 aliphatic rings. The lowest BCUT2D eigenvalue weighted by molar-refractivity contribution is 0.296. The number of aryl methyl sites for hydroxylation is 1. The van der Waals surface area contributed by atoms with Crippen molar-refractivity contribution in [2.45, 2.75) is 6.42 Å². The van der Waals surface area contributed by atoms with E-state index in [9.17, 15) is 5.11 Å². The van der Waals surface area contributed by atoms with Gasteiger partial charge in [0.1, 0.15) is 11.3 Å². The zero-order valence-corrected chi connectivity index (χ0v) is 7.94. The molecule has 0 saturated heterocycles. The highest BCUT2D eigenvalue weighted by Gasteiger charge is 2.10. The molecule has 0 aliphatic carbocycles. The number of aliphatic hydroxyl groups excluding tert-OH is 1. The minimum Gasteiger partial charge on any atom is -0.506 e. The van der Waals surface area contributed by atoms with Crippen LogP contribution in [0.4, 0.5) is 0 Å². The summed E-state index contributed by atoms with van der Waals surface area (Å²) in [6.07, 6.45) is 0.552. The van der Waals surface area contributed by atoms with Crippen molar-refractivity contribution in [1.29, 1.82) is 0 Å². The summed E-state index contributed by atoms with van der Waals surface area (Å²) in [5.41, 5.74) is 1.54. The van der Waals surface area contributed by atoms with Crippen LogP contribution >= 0.6 is 0 Å². The van der Waals surface area contributed by atoms with E-state index in [0.29, 0.717) is 11.9 Å². The molecular formula is C10H12N2O2. The third-order valence-electron chi connectivity index (χ3n) is 2.31. The molecule has 2 N–H and O–H groups in total. The zero-order valence-electron chi connectivity index (χ0n) is 7.94. The van der Waals surface area contributed by atoms with Crippen LogP contribution in [-0.4, -0.2) is 26.6 Å². The number of nitrogens with zero attached hydrogens (tertiary/aromatic N) is 2. The standard InChI is InChI=1S/C10H12N2O2/c1-12-8(5-6-13)7-3-2-4-9(14)10(7)11-12/h2-4,13-14H,5-6H2,1H3. The van der Waals surface area contributed by atoms with E-state index in [-0.39, 0.29) is 12.4 Å². The molecule has 1 aromatic heterocycles. The van der Waals surface area contributed by atoms with E-state index in [1.54, 1.807) is 16.8 Å². The number of phenolic OH excluding ortho intramolecular Hbond substituents is 1. The molecule has 0 saturated carbocycles. The second-order valence-electron chi connectivity index (χ2n) is 3.22. The molecule has 0 amide bonds. The third kappa shape index (κ3) is 1.24.